The van der Waals surface area contributed by atoms with E-state index in [0.29, 0.717) is 6.54 Å². The first-order valence-electron chi connectivity index (χ1n) is 5.61. The van der Waals surface area contributed by atoms with Crippen molar-refractivity contribution in [2.75, 3.05) is 13.2 Å². The second kappa shape index (κ2) is 6.68. The number of amides is 1. The highest BCUT2D eigenvalue weighted by Gasteiger charge is 2.21. The van der Waals surface area contributed by atoms with Gasteiger partial charge >= 0.3 is 5.97 Å². The maximum Gasteiger partial charge on any atom is 0.302 e. The maximum absolute atomic E-state index is 11.9. The van der Waals surface area contributed by atoms with Crippen LogP contribution in [0.25, 0.3) is 0 Å². The van der Waals surface area contributed by atoms with E-state index in [1.54, 1.807) is 0 Å². The van der Waals surface area contributed by atoms with E-state index in [-0.39, 0.29) is 18.5 Å². The van der Waals surface area contributed by atoms with Crippen LogP contribution in [0.1, 0.15) is 25.3 Å². The number of likely N-dealkylation sites (N-methyl/N-ethyl adjacent to an activating group) is 1. The summed E-state index contributed by atoms with van der Waals surface area (Å²) < 4.78 is 4.93. The predicted octanol–water partition coefficient (Wildman–Crippen LogP) is 1.47. The predicted molar refractivity (Wildman–Crippen MR) is 64.5 cm³/mol. The third-order valence-electron chi connectivity index (χ3n) is 2.32. The lowest BCUT2D eigenvalue weighted by molar-refractivity contribution is -0.142. The van der Waals surface area contributed by atoms with Crippen molar-refractivity contribution in [2.24, 2.45) is 0 Å². The molecule has 1 aromatic rings. The van der Waals surface area contributed by atoms with E-state index in [0.717, 1.165) is 5.56 Å². The normalized spacial score (nSPS) is 11.6. The van der Waals surface area contributed by atoms with Gasteiger partial charge in [-0.3, -0.25) is 9.59 Å². The fourth-order valence-corrected chi connectivity index (χ4v) is 1.51. The fraction of sp³-hybridized carbons (Fsp3) is 0.385. The molecule has 0 radical (unpaired) electrons. The summed E-state index contributed by atoms with van der Waals surface area (Å²) in [6, 6.07) is 9.29. The SMILES string of the molecule is CCNC(=O)C(COC(C)=O)c1ccccc1. The zero-order valence-electron chi connectivity index (χ0n) is 10.1. The summed E-state index contributed by atoms with van der Waals surface area (Å²) in [7, 11) is 0. The van der Waals surface area contributed by atoms with Gasteiger partial charge in [0.25, 0.3) is 0 Å². The zero-order valence-corrected chi connectivity index (χ0v) is 10.1. The van der Waals surface area contributed by atoms with E-state index in [2.05, 4.69) is 5.32 Å². The van der Waals surface area contributed by atoms with Crippen LogP contribution in [0, 0.1) is 0 Å². The zero-order chi connectivity index (χ0) is 12.7. The summed E-state index contributed by atoms with van der Waals surface area (Å²) in [5.41, 5.74) is 0.847. The average Bonchev–Trinajstić information content (AvgIpc) is 2.30. The number of ether oxygens (including phenoxy) is 1. The molecule has 0 saturated heterocycles. The molecule has 92 valence electrons. The molecule has 1 amide bonds. The summed E-state index contributed by atoms with van der Waals surface area (Å²) >= 11 is 0. The van der Waals surface area contributed by atoms with Crippen LogP contribution in [-0.2, 0) is 14.3 Å². The van der Waals surface area contributed by atoms with Gasteiger partial charge in [0, 0.05) is 13.5 Å². The number of carbonyl (C=O) groups is 2. The molecule has 1 unspecified atom stereocenters. The first-order valence-corrected chi connectivity index (χ1v) is 5.61. The van der Waals surface area contributed by atoms with Gasteiger partial charge in [-0.2, -0.15) is 0 Å². The van der Waals surface area contributed by atoms with Gasteiger partial charge in [-0.05, 0) is 12.5 Å². The molecule has 1 atom stereocenters. The molecule has 4 nitrogen and oxygen atoms in total. The number of rotatable bonds is 5. The smallest absolute Gasteiger partial charge is 0.302 e. The van der Waals surface area contributed by atoms with E-state index in [4.69, 9.17) is 4.74 Å². The highest BCUT2D eigenvalue weighted by atomic mass is 16.5. The van der Waals surface area contributed by atoms with Crippen molar-refractivity contribution < 1.29 is 14.3 Å². The summed E-state index contributed by atoms with van der Waals surface area (Å²) in [5.74, 6) is -0.949. The molecule has 0 bridgehead atoms. The lowest BCUT2D eigenvalue weighted by atomic mass is 9.99. The minimum atomic E-state index is -0.444. The lowest BCUT2D eigenvalue weighted by Crippen LogP contribution is -2.32. The topological polar surface area (TPSA) is 55.4 Å². The molecule has 0 aliphatic rings. The highest BCUT2D eigenvalue weighted by molar-refractivity contribution is 5.84. The first-order chi connectivity index (χ1) is 8.15. The number of nitrogens with one attached hydrogen (secondary N) is 1. The fourth-order valence-electron chi connectivity index (χ4n) is 1.51. The Labute approximate surface area is 101 Å². The van der Waals surface area contributed by atoms with Crippen molar-refractivity contribution in [2.45, 2.75) is 19.8 Å². The van der Waals surface area contributed by atoms with Gasteiger partial charge < -0.3 is 10.1 Å². The van der Waals surface area contributed by atoms with Crippen LogP contribution in [0.2, 0.25) is 0 Å². The Morgan fingerprint density at radius 1 is 1.29 bits per heavy atom. The van der Waals surface area contributed by atoms with Gasteiger partial charge in [-0.15, -0.1) is 0 Å². The molecule has 0 spiro atoms. The van der Waals surface area contributed by atoms with Gasteiger partial charge in [0.2, 0.25) is 5.91 Å². The van der Waals surface area contributed by atoms with Gasteiger partial charge in [0.1, 0.15) is 6.61 Å². The van der Waals surface area contributed by atoms with Crippen LogP contribution in [0.3, 0.4) is 0 Å². The Balaban J connectivity index is 2.78. The largest absolute Gasteiger partial charge is 0.465 e. The third-order valence-corrected chi connectivity index (χ3v) is 2.32. The molecule has 0 aliphatic heterocycles. The van der Waals surface area contributed by atoms with Crippen LogP contribution < -0.4 is 5.32 Å². The molecule has 0 heterocycles. The van der Waals surface area contributed by atoms with Crippen molar-refractivity contribution in [3.8, 4) is 0 Å². The van der Waals surface area contributed by atoms with Crippen molar-refractivity contribution in [1.29, 1.82) is 0 Å². The molecule has 4 heteroatoms. The minimum Gasteiger partial charge on any atom is -0.465 e. The number of hydrogen-bond donors (Lipinski definition) is 1. The second-order valence-corrected chi connectivity index (χ2v) is 3.66. The number of carbonyl (C=O) groups excluding carboxylic acids is 2. The Morgan fingerprint density at radius 2 is 1.94 bits per heavy atom. The monoisotopic (exact) mass is 235 g/mol. The molecular formula is C13H17NO3. The highest BCUT2D eigenvalue weighted by Crippen LogP contribution is 2.16. The Kier molecular flexibility index (Phi) is 5.20. The van der Waals surface area contributed by atoms with Crippen molar-refractivity contribution in [1.82, 2.24) is 5.32 Å². The summed E-state index contributed by atoms with van der Waals surface area (Å²) in [4.78, 5) is 22.7. The maximum atomic E-state index is 11.9. The molecule has 0 aliphatic carbocycles. The molecule has 1 aromatic carbocycles. The Morgan fingerprint density at radius 3 is 2.47 bits per heavy atom. The molecule has 17 heavy (non-hydrogen) atoms. The molecule has 1 rings (SSSR count). The molecule has 1 N–H and O–H groups in total. The van der Waals surface area contributed by atoms with Crippen LogP contribution in [0.15, 0.2) is 30.3 Å². The van der Waals surface area contributed by atoms with Crippen molar-refractivity contribution in [3.63, 3.8) is 0 Å². The Bertz CT molecular complexity index is 376. The number of esters is 1. The van der Waals surface area contributed by atoms with Gasteiger partial charge in [-0.1, -0.05) is 30.3 Å². The van der Waals surface area contributed by atoms with Crippen LogP contribution in [-0.4, -0.2) is 25.0 Å². The number of benzene rings is 1. The van der Waals surface area contributed by atoms with Gasteiger partial charge in [-0.25, -0.2) is 0 Å². The molecule has 0 aromatic heterocycles. The van der Waals surface area contributed by atoms with E-state index in [9.17, 15) is 9.59 Å². The van der Waals surface area contributed by atoms with E-state index in [1.807, 2.05) is 37.3 Å². The van der Waals surface area contributed by atoms with E-state index in [1.165, 1.54) is 6.92 Å². The lowest BCUT2D eigenvalue weighted by Gasteiger charge is -2.16. The quantitative estimate of drug-likeness (QED) is 0.786. The van der Waals surface area contributed by atoms with Crippen LogP contribution in [0.4, 0.5) is 0 Å². The standard InChI is InChI=1S/C13H17NO3/c1-3-14-13(16)12(9-17-10(2)15)11-7-5-4-6-8-11/h4-8,12H,3,9H2,1-2H3,(H,14,16). The van der Waals surface area contributed by atoms with Crippen molar-refractivity contribution >= 4 is 11.9 Å². The van der Waals surface area contributed by atoms with Gasteiger partial charge in [0.15, 0.2) is 0 Å². The third kappa shape index (κ3) is 4.26. The summed E-state index contributed by atoms with van der Waals surface area (Å²) in [6.07, 6.45) is 0. The van der Waals surface area contributed by atoms with Gasteiger partial charge in [0.05, 0.1) is 5.92 Å². The van der Waals surface area contributed by atoms with Crippen molar-refractivity contribution in [3.05, 3.63) is 35.9 Å². The second-order valence-electron chi connectivity index (χ2n) is 3.66. The summed E-state index contributed by atoms with van der Waals surface area (Å²) in [5, 5.41) is 2.74. The van der Waals surface area contributed by atoms with Crippen LogP contribution >= 0.6 is 0 Å². The first kappa shape index (κ1) is 13.2. The minimum absolute atomic E-state index is 0.0746. The molecule has 0 saturated carbocycles. The molecule has 0 fully saturated rings. The average molecular weight is 235 g/mol. The van der Waals surface area contributed by atoms with Crippen LogP contribution in [0.5, 0.6) is 0 Å². The molecular weight excluding hydrogens is 218 g/mol. The van der Waals surface area contributed by atoms with E-state index < -0.39 is 5.92 Å². The Hall–Kier alpha value is -1.84. The van der Waals surface area contributed by atoms with E-state index >= 15 is 0 Å². The number of hydrogen-bond acceptors (Lipinski definition) is 3. The summed E-state index contributed by atoms with van der Waals surface area (Å²) in [6.45, 7) is 3.82.